The second-order valence-corrected chi connectivity index (χ2v) is 2.00. The Morgan fingerprint density at radius 2 is 2.00 bits per heavy atom. The number of hydrogen-bond donors (Lipinski definition) is 1. The number of rotatable bonds is 3. The highest BCUT2D eigenvalue weighted by molar-refractivity contribution is 5.44. The van der Waals surface area contributed by atoms with Crippen LogP contribution in [0.2, 0.25) is 0 Å². The van der Waals surface area contributed by atoms with Crippen LogP contribution in [0.1, 0.15) is 0 Å². The van der Waals surface area contributed by atoms with Gasteiger partial charge in [0.2, 0.25) is 0 Å². The summed E-state index contributed by atoms with van der Waals surface area (Å²) in [7, 11) is 0. The quantitative estimate of drug-likeness (QED) is 0.399. The number of anilines is 1. The third-order valence-corrected chi connectivity index (χ3v) is 1.33. The van der Waals surface area contributed by atoms with Crippen molar-refractivity contribution in [3.63, 3.8) is 0 Å². The minimum absolute atomic E-state index is 0.105. The lowest BCUT2D eigenvalue weighted by Gasteiger charge is -2.10. The maximum atomic E-state index is 10.1. The number of benzene rings is 1. The van der Waals surface area contributed by atoms with Crippen LogP contribution >= 0.6 is 0 Å². The van der Waals surface area contributed by atoms with Crippen molar-refractivity contribution in [2.45, 2.75) is 0 Å². The molecule has 0 bridgehead atoms. The summed E-state index contributed by atoms with van der Waals surface area (Å²) in [6, 6.07) is 9.05. The van der Waals surface area contributed by atoms with E-state index >= 15 is 0 Å². The van der Waals surface area contributed by atoms with E-state index in [1.165, 1.54) is 5.01 Å². The third kappa shape index (κ3) is 1.75. The van der Waals surface area contributed by atoms with Gasteiger partial charge in [-0.2, -0.15) is 0 Å². The third-order valence-electron chi connectivity index (χ3n) is 1.33. The van der Waals surface area contributed by atoms with Crippen molar-refractivity contribution in [3.8, 4) is 0 Å². The van der Waals surface area contributed by atoms with Crippen LogP contribution in [0.25, 0.3) is 0 Å². The Hall–Kier alpha value is -1.42. The Bertz CT molecular complexity index is 224. The molecule has 2 N–H and O–H groups in total. The average molecular weight is 151 g/mol. The van der Waals surface area contributed by atoms with Gasteiger partial charge in [-0.1, -0.05) is 18.2 Å². The summed E-state index contributed by atoms with van der Waals surface area (Å²) in [4.78, 5) is 10.1. The highest BCUT2D eigenvalue weighted by Gasteiger charge is 2.00. The molecule has 0 atom stereocenters. The molecule has 0 unspecified atom stereocenters. The fourth-order valence-corrected chi connectivity index (χ4v) is 0.786. The molecule has 0 radical (unpaired) electrons. The van der Waals surface area contributed by atoms with E-state index < -0.39 is 0 Å². The Morgan fingerprint density at radius 1 is 1.36 bits per heavy atom. The minimum atomic E-state index is 0.105. The van der Waals surface area contributed by atoms with Crippen molar-refractivity contribution in [3.05, 3.63) is 35.2 Å². The van der Waals surface area contributed by atoms with Crippen molar-refractivity contribution in [1.82, 2.24) is 0 Å². The lowest BCUT2D eigenvalue weighted by molar-refractivity contribution is 0.859. The molecule has 0 aliphatic rings. The Balaban J connectivity index is 2.82. The molecule has 1 aromatic carbocycles. The average Bonchev–Trinajstić information content (AvgIpc) is 2.09. The van der Waals surface area contributed by atoms with Gasteiger partial charge < -0.3 is 5.73 Å². The van der Waals surface area contributed by atoms with Crippen LogP contribution in [0.5, 0.6) is 0 Å². The molecule has 4 heteroatoms. The zero-order valence-corrected chi connectivity index (χ0v) is 5.97. The minimum Gasteiger partial charge on any atom is -0.312 e. The van der Waals surface area contributed by atoms with Crippen LogP contribution in [0.3, 0.4) is 0 Å². The van der Waals surface area contributed by atoms with Crippen molar-refractivity contribution in [1.29, 1.82) is 0 Å². The summed E-state index contributed by atoms with van der Waals surface area (Å²) in [5.41, 5.74) is 5.96. The lowest BCUT2D eigenvalue weighted by Crippen LogP contribution is -2.23. The molecule has 11 heavy (non-hydrogen) atoms. The summed E-state index contributed by atoms with van der Waals surface area (Å²) < 4.78 is 0. The monoisotopic (exact) mass is 151 g/mol. The Labute approximate surface area is 64.6 Å². The summed E-state index contributed by atoms with van der Waals surface area (Å²) in [5, 5.41) is 3.92. The first-order chi connectivity index (χ1) is 5.38. The molecule has 1 aromatic rings. The summed E-state index contributed by atoms with van der Waals surface area (Å²) in [6.45, 7) is 0.105. The molecule has 0 aliphatic carbocycles. The van der Waals surface area contributed by atoms with E-state index in [4.69, 9.17) is 5.73 Å². The SMILES string of the molecule is NCN(N=O)c1ccccc1. The summed E-state index contributed by atoms with van der Waals surface area (Å²) >= 11 is 0. The van der Waals surface area contributed by atoms with E-state index in [0.29, 0.717) is 5.69 Å². The molecule has 0 saturated carbocycles. The fourth-order valence-electron chi connectivity index (χ4n) is 0.786. The van der Waals surface area contributed by atoms with Gasteiger partial charge >= 0.3 is 0 Å². The van der Waals surface area contributed by atoms with E-state index in [-0.39, 0.29) is 6.67 Å². The molecule has 0 aliphatic heterocycles. The van der Waals surface area contributed by atoms with E-state index in [2.05, 4.69) is 5.29 Å². The number of nitrogens with two attached hydrogens (primary N) is 1. The largest absolute Gasteiger partial charge is 0.312 e. The van der Waals surface area contributed by atoms with Crippen LogP contribution in [0, 0.1) is 4.91 Å². The zero-order valence-electron chi connectivity index (χ0n) is 5.97. The van der Waals surface area contributed by atoms with Gasteiger partial charge in [-0.15, -0.1) is 4.91 Å². The van der Waals surface area contributed by atoms with E-state index in [1.807, 2.05) is 18.2 Å². The molecule has 0 aromatic heterocycles. The molecular formula is C7H9N3O. The van der Waals surface area contributed by atoms with Gasteiger partial charge in [0, 0.05) is 0 Å². The summed E-state index contributed by atoms with van der Waals surface area (Å²) in [6.07, 6.45) is 0. The first kappa shape index (κ1) is 7.68. The number of hydrogen-bond acceptors (Lipinski definition) is 3. The first-order valence-electron chi connectivity index (χ1n) is 3.24. The summed E-state index contributed by atoms with van der Waals surface area (Å²) in [5.74, 6) is 0. The lowest BCUT2D eigenvalue weighted by atomic mass is 10.3. The standard InChI is InChI=1S/C7H9N3O/c8-6-10(9-11)7-4-2-1-3-5-7/h1-5H,6,8H2. The molecule has 58 valence electrons. The highest BCUT2D eigenvalue weighted by atomic mass is 16.3. The van der Waals surface area contributed by atoms with Crippen molar-refractivity contribution in [2.75, 3.05) is 11.7 Å². The van der Waals surface area contributed by atoms with Crippen molar-refractivity contribution < 1.29 is 0 Å². The maximum Gasteiger partial charge on any atom is 0.0918 e. The molecule has 0 saturated heterocycles. The molecule has 0 amide bonds. The number of nitrogens with zero attached hydrogens (tertiary/aromatic N) is 2. The first-order valence-corrected chi connectivity index (χ1v) is 3.24. The normalized spacial score (nSPS) is 9.18. The van der Waals surface area contributed by atoms with Crippen molar-refractivity contribution >= 4 is 5.69 Å². The predicted octanol–water partition coefficient (Wildman–Crippen LogP) is 1.09. The van der Waals surface area contributed by atoms with Gasteiger partial charge in [-0.25, -0.2) is 5.01 Å². The van der Waals surface area contributed by atoms with Crippen LogP contribution in [0.15, 0.2) is 35.6 Å². The molecule has 1 rings (SSSR count). The number of para-hydroxylation sites is 1. The van der Waals surface area contributed by atoms with Crippen LogP contribution in [0.4, 0.5) is 5.69 Å². The number of nitroso groups, excluding NO2 is 1. The Morgan fingerprint density at radius 3 is 2.45 bits per heavy atom. The van der Waals surface area contributed by atoms with E-state index in [1.54, 1.807) is 12.1 Å². The molecular weight excluding hydrogens is 142 g/mol. The second-order valence-electron chi connectivity index (χ2n) is 2.00. The van der Waals surface area contributed by atoms with Crippen LogP contribution in [-0.2, 0) is 0 Å². The maximum absolute atomic E-state index is 10.1. The smallest absolute Gasteiger partial charge is 0.0918 e. The van der Waals surface area contributed by atoms with Crippen molar-refractivity contribution in [2.24, 2.45) is 11.0 Å². The molecule has 0 spiro atoms. The van der Waals surface area contributed by atoms with Gasteiger partial charge in [-0.05, 0) is 12.1 Å². The zero-order chi connectivity index (χ0) is 8.10. The van der Waals surface area contributed by atoms with Gasteiger partial charge in [0.25, 0.3) is 0 Å². The molecule has 4 nitrogen and oxygen atoms in total. The Kier molecular flexibility index (Phi) is 2.57. The van der Waals surface area contributed by atoms with Crippen LogP contribution in [-0.4, -0.2) is 6.67 Å². The molecule has 0 fully saturated rings. The predicted molar refractivity (Wildman–Crippen MR) is 43.8 cm³/mol. The highest BCUT2D eigenvalue weighted by Crippen LogP contribution is 2.11. The fraction of sp³-hybridized carbons (Fsp3) is 0.143. The van der Waals surface area contributed by atoms with Gasteiger partial charge in [0.05, 0.1) is 17.6 Å². The molecule has 0 heterocycles. The van der Waals surface area contributed by atoms with Crippen LogP contribution < -0.4 is 10.7 Å². The second kappa shape index (κ2) is 3.68. The van der Waals surface area contributed by atoms with Gasteiger partial charge in [-0.3, -0.25) is 0 Å². The topological polar surface area (TPSA) is 58.7 Å². The van der Waals surface area contributed by atoms with Gasteiger partial charge in [0.15, 0.2) is 0 Å². The van der Waals surface area contributed by atoms with Gasteiger partial charge in [0.1, 0.15) is 0 Å². The van der Waals surface area contributed by atoms with E-state index in [9.17, 15) is 4.91 Å². The van der Waals surface area contributed by atoms with E-state index in [0.717, 1.165) is 0 Å².